The average Bonchev–Trinajstić information content (AvgIpc) is 3.31. The number of piperazine rings is 1. The first-order chi connectivity index (χ1) is 17.5. The van der Waals surface area contributed by atoms with E-state index in [1.807, 2.05) is 42.6 Å². The van der Waals surface area contributed by atoms with Gasteiger partial charge in [0.1, 0.15) is 11.0 Å². The van der Waals surface area contributed by atoms with Crippen molar-refractivity contribution in [3.05, 3.63) is 78.0 Å². The van der Waals surface area contributed by atoms with E-state index >= 15 is 0 Å². The minimum atomic E-state index is -1.14. The molecule has 1 saturated heterocycles. The van der Waals surface area contributed by atoms with Crippen LogP contribution in [0.4, 0.5) is 23.0 Å². The van der Waals surface area contributed by atoms with Crippen LogP contribution in [0.3, 0.4) is 0 Å². The molecule has 0 amide bonds. The number of rotatable bonds is 5. The largest absolute Gasteiger partial charge is 0.369 e. The van der Waals surface area contributed by atoms with Crippen molar-refractivity contribution in [3.8, 4) is 11.8 Å². The van der Waals surface area contributed by atoms with Gasteiger partial charge in [-0.2, -0.15) is 4.98 Å². The zero-order valence-electron chi connectivity index (χ0n) is 20.7. The second kappa shape index (κ2) is 10.4. The van der Waals surface area contributed by atoms with Crippen LogP contribution in [0, 0.1) is 11.8 Å². The fourth-order valence-electron chi connectivity index (χ4n) is 4.13. The summed E-state index contributed by atoms with van der Waals surface area (Å²) >= 11 is 0. The summed E-state index contributed by atoms with van der Waals surface area (Å²) in [5, 5.41) is 7.89. The van der Waals surface area contributed by atoms with E-state index in [2.05, 4.69) is 68.4 Å². The molecule has 1 unspecified atom stereocenters. The standard InChI is InChI=1S/C27H29N7OS/c1-31-17-19-33(20-18-31)24-14-12-23(13-15-24)28-27-29-26-22(8-6-16-34(26)30-27)11-10-21-7-4-5-9-25(21)32(2)36(3)35/h4-9,12-16H,17-20H2,1-3H3,(H,28,30). The Morgan fingerprint density at radius 2 is 1.64 bits per heavy atom. The molecule has 1 fully saturated rings. The molecule has 1 N–H and O–H groups in total. The number of nitrogens with one attached hydrogen (secondary N) is 1. The number of likely N-dealkylation sites (N-methyl/N-ethyl adjacent to an activating group) is 1. The molecule has 0 radical (unpaired) electrons. The molecule has 2 aromatic carbocycles. The predicted octanol–water partition coefficient (Wildman–Crippen LogP) is 3.35. The van der Waals surface area contributed by atoms with Gasteiger partial charge in [-0.25, -0.2) is 8.72 Å². The lowest BCUT2D eigenvalue weighted by molar-refractivity contribution is 0.313. The summed E-state index contributed by atoms with van der Waals surface area (Å²) < 4.78 is 15.4. The molecule has 4 aromatic rings. The maximum Gasteiger partial charge on any atom is 0.247 e. The lowest BCUT2D eigenvalue weighted by atomic mass is 10.1. The molecule has 3 heterocycles. The predicted molar refractivity (Wildman–Crippen MR) is 147 cm³/mol. The quantitative estimate of drug-likeness (QED) is 0.425. The van der Waals surface area contributed by atoms with Crippen LogP contribution in [-0.4, -0.2) is 70.2 Å². The Hall–Kier alpha value is -3.87. The number of para-hydroxylation sites is 1. The van der Waals surface area contributed by atoms with Crippen molar-refractivity contribution in [2.24, 2.45) is 0 Å². The van der Waals surface area contributed by atoms with Crippen molar-refractivity contribution in [1.82, 2.24) is 19.5 Å². The van der Waals surface area contributed by atoms with E-state index in [1.54, 1.807) is 22.1 Å². The first kappa shape index (κ1) is 23.9. The number of aromatic nitrogens is 3. The molecule has 36 heavy (non-hydrogen) atoms. The van der Waals surface area contributed by atoms with Gasteiger partial charge < -0.3 is 15.1 Å². The highest BCUT2D eigenvalue weighted by molar-refractivity contribution is 7.85. The number of benzene rings is 2. The molecule has 5 rings (SSSR count). The van der Waals surface area contributed by atoms with Crippen LogP contribution < -0.4 is 14.5 Å². The summed E-state index contributed by atoms with van der Waals surface area (Å²) in [4.78, 5) is 9.45. The average molecular weight is 500 g/mol. The molecule has 0 bridgehead atoms. The van der Waals surface area contributed by atoms with Crippen molar-refractivity contribution in [3.63, 3.8) is 0 Å². The zero-order valence-corrected chi connectivity index (χ0v) is 21.5. The molecule has 1 aliphatic rings. The SMILES string of the molecule is CN1CCN(c2ccc(Nc3nc4c(C#Cc5ccccc5N(C)S(C)=O)cccn4n3)cc2)CC1. The van der Waals surface area contributed by atoms with Gasteiger partial charge in [-0.15, -0.1) is 5.10 Å². The van der Waals surface area contributed by atoms with Gasteiger partial charge in [-0.3, -0.25) is 4.31 Å². The number of hydrogen-bond donors (Lipinski definition) is 1. The molecule has 8 nitrogen and oxygen atoms in total. The van der Waals surface area contributed by atoms with E-state index < -0.39 is 11.0 Å². The smallest absolute Gasteiger partial charge is 0.247 e. The molecule has 1 atom stereocenters. The number of hydrogen-bond acceptors (Lipinski definition) is 6. The van der Waals surface area contributed by atoms with Crippen molar-refractivity contribution < 1.29 is 4.21 Å². The van der Waals surface area contributed by atoms with E-state index in [9.17, 15) is 4.21 Å². The third kappa shape index (κ3) is 5.20. The van der Waals surface area contributed by atoms with E-state index in [0.29, 0.717) is 11.6 Å². The summed E-state index contributed by atoms with van der Waals surface area (Å²) in [7, 11) is 2.82. The molecular formula is C27H29N7OS. The minimum Gasteiger partial charge on any atom is -0.369 e. The molecule has 0 spiro atoms. The molecule has 9 heteroatoms. The third-order valence-corrected chi connectivity index (χ3v) is 7.28. The van der Waals surface area contributed by atoms with Gasteiger partial charge in [-0.05, 0) is 55.6 Å². The monoisotopic (exact) mass is 499 g/mol. The lowest BCUT2D eigenvalue weighted by Gasteiger charge is -2.34. The van der Waals surface area contributed by atoms with Gasteiger partial charge in [-0.1, -0.05) is 24.0 Å². The van der Waals surface area contributed by atoms with E-state index in [0.717, 1.165) is 48.7 Å². The Kier molecular flexibility index (Phi) is 6.89. The molecular weight excluding hydrogens is 470 g/mol. The fourth-order valence-corrected chi connectivity index (χ4v) is 4.57. The van der Waals surface area contributed by atoms with Crippen LogP contribution in [0.5, 0.6) is 0 Å². The van der Waals surface area contributed by atoms with E-state index in [1.165, 1.54) is 5.69 Å². The van der Waals surface area contributed by atoms with Gasteiger partial charge in [0.15, 0.2) is 5.65 Å². The summed E-state index contributed by atoms with van der Waals surface area (Å²) in [5.74, 6) is 6.96. The molecule has 2 aromatic heterocycles. The Morgan fingerprint density at radius 1 is 0.944 bits per heavy atom. The summed E-state index contributed by atoms with van der Waals surface area (Å²) in [6, 6.07) is 19.9. The van der Waals surface area contributed by atoms with Crippen LogP contribution in [-0.2, 0) is 11.0 Å². The summed E-state index contributed by atoms with van der Waals surface area (Å²) in [6.45, 7) is 4.24. The minimum absolute atomic E-state index is 0.512. The lowest BCUT2D eigenvalue weighted by Crippen LogP contribution is -2.44. The second-order valence-corrected chi connectivity index (χ2v) is 10.2. The molecule has 1 aliphatic heterocycles. The Bertz CT molecular complexity index is 1450. The van der Waals surface area contributed by atoms with Crippen LogP contribution in [0.2, 0.25) is 0 Å². The summed E-state index contributed by atoms with van der Waals surface area (Å²) in [5.41, 5.74) is 5.22. The van der Waals surface area contributed by atoms with Crippen molar-refractivity contribution in [2.75, 3.05) is 61.1 Å². The molecule has 0 saturated carbocycles. The first-order valence-electron chi connectivity index (χ1n) is 11.8. The fraction of sp³-hybridized carbons (Fsp3) is 0.259. The van der Waals surface area contributed by atoms with Gasteiger partial charge in [0, 0.05) is 62.6 Å². The van der Waals surface area contributed by atoms with Gasteiger partial charge >= 0.3 is 0 Å². The number of anilines is 4. The van der Waals surface area contributed by atoms with Crippen LogP contribution in [0.25, 0.3) is 5.65 Å². The van der Waals surface area contributed by atoms with Crippen LogP contribution >= 0.6 is 0 Å². The first-order valence-corrected chi connectivity index (χ1v) is 13.3. The van der Waals surface area contributed by atoms with Gasteiger partial charge in [0.2, 0.25) is 5.95 Å². The second-order valence-electron chi connectivity index (χ2n) is 8.78. The van der Waals surface area contributed by atoms with Crippen molar-refractivity contribution >= 4 is 39.6 Å². The highest BCUT2D eigenvalue weighted by atomic mass is 32.2. The van der Waals surface area contributed by atoms with Crippen LogP contribution in [0.15, 0.2) is 66.9 Å². The van der Waals surface area contributed by atoms with Gasteiger partial charge in [0.05, 0.1) is 11.3 Å². The zero-order chi connectivity index (χ0) is 25.1. The maximum absolute atomic E-state index is 12.0. The highest BCUT2D eigenvalue weighted by Gasteiger charge is 2.14. The normalized spacial score (nSPS) is 14.8. The molecule has 0 aliphatic carbocycles. The number of fused-ring (bicyclic) bond motifs is 1. The van der Waals surface area contributed by atoms with Crippen LogP contribution in [0.1, 0.15) is 11.1 Å². The van der Waals surface area contributed by atoms with Crippen molar-refractivity contribution in [1.29, 1.82) is 0 Å². The third-order valence-electron chi connectivity index (χ3n) is 6.32. The number of pyridine rings is 1. The highest BCUT2D eigenvalue weighted by Crippen LogP contribution is 2.22. The Morgan fingerprint density at radius 3 is 2.39 bits per heavy atom. The van der Waals surface area contributed by atoms with Crippen molar-refractivity contribution in [2.45, 2.75) is 0 Å². The van der Waals surface area contributed by atoms with Gasteiger partial charge in [0.25, 0.3) is 0 Å². The number of nitrogens with zero attached hydrogens (tertiary/aromatic N) is 6. The Labute approximate surface area is 214 Å². The maximum atomic E-state index is 12.0. The topological polar surface area (TPSA) is 69.0 Å². The summed E-state index contributed by atoms with van der Waals surface area (Å²) in [6.07, 6.45) is 3.51. The molecule has 184 valence electrons. The van der Waals surface area contributed by atoms with E-state index in [4.69, 9.17) is 0 Å². The Balaban J connectivity index is 1.36. The van der Waals surface area contributed by atoms with E-state index in [-0.39, 0.29) is 0 Å².